The average Bonchev–Trinajstić information content (AvgIpc) is 3.02. The van der Waals surface area contributed by atoms with Crippen LogP contribution in [0.2, 0.25) is 0 Å². The lowest BCUT2D eigenvalue weighted by molar-refractivity contribution is 0.383. The lowest BCUT2D eigenvalue weighted by atomic mass is 9.98. The minimum Gasteiger partial charge on any atom is -0.310 e. The van der Waals surface area contributed by atoms with Gasteiger partial charge in [-0.15, -0.1) is 0 Å². The van der Waals surface area contributed by atoms with Gasteiger partial charge in [-0.05, 0) is 74.1 Å². The van der Waals surface area contributed by atoms with Crippen LogP contribution in [0.15, 0.2) is 121 Å². The molecule has 1 fully saturated rings. The number of rotatable bonds is 4. The molecule has 4 nitrogen and oxygen atoms in total. The summed E-state index contributed by atoms with van der Waals surface area (Å²) >= 11 is 0. The van der Waals surface area contributed by atoms with Crippen molar-refractivity contribution >= 4 is 0 Å². The van der Waals surface area contributed by atoms with E-state index >= 15 is 0 Å². The van der Waals surface area contributed by atoms with E-state index in [1.165, 1.54) is 22.3 Å². The molecule has 1 saturated heterocycles. The van der Waals surface area contributed by atoms with E-state index < -0.39 is 0 Å². The van der Waals surface area contributed by atoms with Gasteiger partial charge < -0.3 is 21.3 Å². The first-order chi connectivity index (χ1) is 19.9. The van der Waals surface area contributed by atoms with Gasteiger partial charge in [-0.2, -0.15) is 0 Å². The number of benzene rings is 4. The Hall–Kier alpha value is -3.28. The van der Waals surface area contributed by atoms with Crippen LogP contribution < -0.4 is 21.3 Å². The first-order valence-electron chi connectivity index (χ1n) is 15.0. The molecule has 4 N–H and O–H groups in total. The van der Waals surface area contributed by atoms with Crippen molar-refractivity contribution in [2.75, 3.05) is 26.2 Å². The highest BCUT2D eigenvalue weighted by Crippen LogP contribution is 2.23. The van der Waals surface area contributed by atoms with Gasteiger partial charge in [-0.3, -0.25) is 0 Å². The zero-order valence-corrected chi connectivity index (χ0v) is 23.5. The Bertz CT molecular complexity index is 1000. The van der Waals surface area contributed by atoms with Crippen LogP contribution in [-0.4, -0.2) is 26.2 Å². The first-order valence-corrected chi connectivity index (χ1v) is 15.0. The quantitative estimate of drug-likeness (QED) is 0.231. The van der Waals surface area contributed by atoms with E-state index in [0.29, 0.717) is 24.2 Å². The van der Waals surface area contributed by atoms with Gasteiger partial charge in [-0.25, -0.2) is 0 Å². The van der Waals surface area contributed by atoms with Crippen molar-refractivity contribution in [3.8, 4) is 0 Å². The second-order valence-electron chi connectivity index (χ2n) is 10.8. The SMILES string of the molecule is c1ccc(C2CCNC(c3ccccc3)CCNC(c3ccccc3)CCNC(c3ccccc3)CCN2)cc1. The van der Waals surface area contributed by atoms with Crippen molar-refractivity contribution < 1.29 is 0 Å². The van der Waals surface area contributed by atoms with Crippen LogP contribution in [0, 0.1) is 0 Å². The third-order valence-corrected chi connectivity index (χ3v) is 8.10. The molecule has 4 aromatic carbocycles. The third kappa shape index (κ3) is 8.36. The molecule has 1 heterocycles. The van der Waals surface area contributed by atoms with Gasteiger partial charge in [-0.1, -0.05) is 121 Å². The molecule has 4 aromatic rings. The second-order valence-corrected chi connectivity index (χ2v) is 10.8. The fourth-order valence-corrected chi connectivity index (χ4v) is 5.90. The summed E-state index contributed by atoms with van der Waals surface area (Å²) < 4.78 is 0. The molecule has 40 heavy (non-hydrogen) atoms. The molecule has 0 bridgehead atoms. The van der Waals surface area contributed by atoms with Crippen LogP contribution >= 0.6 is 0 Å². The van der Waals surface area contributed by atoms with Gasteiger partial charge in [0.05, 0.1) is 0 Å². The van der Waals surface area contributed by atoms with Crippen LogP contribution in [0.1, 0.15) is 72.1 Å². The minimum absolute atomic E-state index is 0.315. The fourth-order valence-electron chi connectivity index (χ4n) is 5.90. The summed E-state index contributed by atoms with van der Waals surface area (Å²) in [5.74, 6) is 0. The van der Waals surface area contributed by atoms with Gasteiger partial charge >= 0.3 is 0 Å². The predicted molar refractivity (Wildman–Crippen MR) is 167 cm³/mol. The molecule has 0 radical (unpaired) electrons. The largest absolute Gasteiger partial charge is 0.310 e. The van der Waals surface area contributed by atoms with E-state index in [0.717, 1.165) is 51.9 Å². The molecule has 0 saturated carbocycles. The fraction of sp³-hybridized carbons (Fsp3) is 0.333. The summed E-state index contributed by atoms with van der Waals surface area (Å²) in [5, 5.41) is 15.7. The maximum Gasteiger partial charge on any atom is 0.0332 e. The summed E-state index contributed by atoms with van der Waals surface area (Å²) in [7, 11) is 0. The van der Waals surface area contributed by atoms with Crippen molar-refractivity contribution in [3.05, 3.63) is 144 Å². The molecule has 0 aromatic heterocycles. The monoisotopic (exact) mass is 532 g/mol. The van der Waals surface area contributed by atoms with Crippen LogP contribution in [0.5, 0.6) is 0 Å². The molecule has 0 amide bonds. The Morgan fingerprint density at radius 1 is 0.300 bits per heavy atom. The highest BCUT2D eigenvalue weighted by atomic mass is 15.0. The maximum absolute atomic E-state index is 3.91. The Kier molecular flexibility index (Phi) is 10.9. The van der Waals surface area contributed by atoms with E-state index in [9.17, 15) is 0 Å². The molecule has 1 aliphatic rings. The van der Waals surface area contributed by atoms with Gasteiger partial charge in [0.15, 0.2) is 0 Å². The molecule has 1 aliphatic heterocycles. The number of nitrogens with one attached hydrogen (secondary N) is 4. The lowest BCUT2D eigenvalue weighted by Crippen LogP contribution is -2.34. The van der Waals surface area contributed by atoms with Gasteiger partial charge in [0.25, 0.3) is 0 Å². The molecule has 4 heteroatoms. The highest BCUT2D eigenvalue weighted by molar-refractivity contribution is 5.22. The highest BCUT2D eigenvalue weighted by Gasteiger charge is 2.19. The summed E-state index contributed by atoms with van der Waals surface area (Å²) in [6.45, 7) is 3.81. The van der Waals surface area contributed by atoms with Crippen molar-refractivity contribution in [1.82, 2.24) is 21.3 Å². The van der Waals surface area contributed by atoms with Gasteiger partial charge in [0.2, 0.25) is 0 Å². The van der Waals surface area contributed by atoms with Crippen molar-refractivity contribution in [2.24, 2.45) is 0 Å². The second kappa shape index (κ2) is 15.5. The Labute approximate surface area is 240 Å². The number of hydrogen-bond acceptors (Lipinski definition) is 4. The van der Waals surface area contributed by atoms with Crippen molar-refractivity contribution in [2.45, 2.75) is 49.9 Å². The maximum atomic E-state index is 3.91. The van der Waals surface area contributed by atoms with E-state index in [-0.39, 0.29) is 0 Å². The molecule has 5 rings (SSSR count). The molecular weight excluding hydrogens is 488 g/mol. The molecule has 0 aliphatic carbocycles. The topological polar surface area (TPSA) is 48.1 Å². The van der Waals surface area contributed by atoms with Crippen LogP contribution in [-0.2, 0) is 0 Å². The molecule has 208 valence electrons. The lowest BCUT2D eigenvalue weighted by Gasteiger charge is -2.27. The summed E-state index contributed by atoms with van der Waals surface area (Å²) in [6, 6.07) is 44.9. The van der Waals surface area contributed by atoms with E-state index in [1.807, 2.05) is 0 Å². The van der Waals surface area contributed by atoms with Crippen LogP contribution in [0.25, 0.3) is 0 Å². The normalized spacial score (nSPS) is 23.8. The predicted octanol–water partition coefficient (Wildman–Crippen LogP) is 6.88. The van der Waals surface area contributed by atoms with Gasteiger partial charge in [0, 0.05) is 24.2 Å². The zero-order chi connectivity index (χ0) is 27.2. The smallest absolute Gasteiger partial charge is 0.0332 e. The molecular formula is C36H44N4. The first kappa shape index (κ1) is 28.3. The molecule has 4 unspecified atom stereocenters. The van der Waals surface area contributed by atoms with Crippen LogP contribution in [0.3, 0.4) is 0 Å². The van der Waals surface area contributed by atoms with Gasteiger partial charge in [0.1, 0.15) is 0 Å². The Balaban J connectivity index is 1.35. The van der Waals surface area contributed by atoms with E-state index in [1.54, 1.807) is 0 Å². The Morgan fingerprint density at radius 2 is 0.500 bits per heavy atom. The molecule has 0 spiro atoms. The van der Waals surface area contributed by atoms with Crippen molar-refractivity contribution in [3.63, 3.8) is 0 Å². The Morgan fingerprint density at radius 3 is 0.700 bits per heavy atom. The molecule has 4 atom stereocenters. The van der Waals surface area contributed by atoms with E-state index in [2.05, 4.69) is 143 Å². The third-order valence-electron chi connectivity index (χ3n) is 8.10. The number of hydrogen-bond donors (Lipinski definition) is 4. The zero-order valence-electron chi connectivity index (χ0n) is 23.5. The summed E-state index contributed by atoms with van der Waals surface area (Å²) in [5.41, 5.74) is 5.44. The standard InChI is InChI=1S/C36H44N4/c1-5-13-29(14-6-1)33-21-25-38-35(31-17-9-3-10-18-31)23-27-40-36(32-19-11-4-12-20-32)24-28-39-34(22-26-37-33)30-15-7-2-8-16-30/h1-20,33-40H,21-28H2. The van der Waals surface area contributed by atoms with E-state index in [4.69, 9.17) is 0 Å². The summed E-state index contributed by atoms with van der Waals surface area (Å²) in [6.07, 6.45) is 4.15. The minimum atomic E-state index is 0.315. The summed E-state index contributed by atoms with van der Waals surface area (Å²) in [4.78, 5) is 0. The average molecular weight is 533 g/mol. The van der Waals surface area contributed by atoms with Crippen LogP contribution in [0.4, 0.5) is 0 Å². The van der Waals surface area contributed by atoms with Crippen molar-refractivity contribution in [1.29, 1.82) is 0 Å².